The molecule has 1 aliphatic heterocycles. The van der Waals surface area contributed by atoms with Crippen molar-refractivity contribution < 1.29 is 37.5 Å². The molecule has 0 saturated carbocycles. The smallest absolute Gasteiger partial charge is 0.0575 e. The van der Waals surface area contributed by atoms with E-state index in [4.69, 9.17) is 4.84 Å². The van der Waals surface area contributed by atoms with Gasteiger partial charge in [0.05, 0.1) is 7.11 Å². The Bertz CT molecular complexity index is 190. The molecule has 87 valence electrons. The van der Waals surface area contributed by atoms with Gasteiger partial charge in [0.15, 0.2) is 0 Å². The minimum absolute atomic E-state index is 0. The molecule has 0 amide bonds. The first-order valence-electron chi connectivity index (χ1n) is 5.68. The monoisotopic (exact) mass is 287 g/mol. The molecule has 0 aliphatic carbocycles. The zero-order chi connectivity index (χ0) is 10.8. The van der Waals surface area contributed by atoms with Gasteiger partial charge in [0.1, 0.15) is 0 Å². The zero-order valence-corrected chi connectivity index (χ0v) is 13.7. The molecule has 0 spiro atoms. The number of hydrogen-bond donors (Lipinski definition) is 0. The van der Waals surface area contributed by atoms with Crippen LogP contribution in [0.3, 0.4) is 0 Å². The minimum atomic E-state index is 0. The molecule has 1 fully saturated rings. The normalized spacial score (nSPS) is 24.6. The van der Waals surface area contributed by atoms with Gasteiger partial charge in [-0.25, -0.2) is 0 Å². The Morgan fingerprint density at radius 3 is 2.07 bits per heavy atom. The van der Waals surface area contributed by atoms with E-state index in [0.29, 0.717) is 0 Å². The largest absolute Gasteiger partial charge is 0.325 e. The van der Waals surface area contributed by atoms with Crippen LogP contribution < -0.4 is 0 Å². The van der Waals surface area contributed by atoms with Crippen molar-refractivity contribution in [2.45, 2.75) is 64.5 Å². The van der Waals surface area contributed by atoms with Gasteiger partial charge in [0, 0.05) is 43.8 Å². The molecule has 1 saturated heterocycles. The van der Waals surface area contributed by atoms with E-state index >= 15 is 0 Å². The fraction of sp³-hybridized carbons (Fsp3) is 0.917. The van der Waals surface area contributed by atoms with Crippen molar-refractivity contribution in [3.05, 3.63) is 6.42 Å². The molecule has 1 heterocycles. The Kier molecular flexibility index (Phi) is 6.51. The SMILES string of the molecule is CCC1(CC)C[CH-]CC(C)(C)N1OC.[Y]. The summed E-state index contributed by atoms with van der Waals surface area (Å²) in [6, 6.07) is 0. The standard InChI is InChI=1S/C12H24NO.Y/c1-6-12(7-2)10-8-9-11(3,4)13(12)14-5;/h8H,6-7,9-10H2,1-5H3;/q-1;. The van der Waals surface area contributed by atoms with Crippen molar-refractivity contribution in [2.75, 3.05) is 7.11 Å². The summed E-state index contributed by atoms with van der Waals surface area (Å²) in [6.07, 6.45) is 6.98. The van der Waals surface area contributed by atoms with Crippen LogP contribution in [-0.2, 0) is 37.5 Å². The first kappa shape index (κ1) is 16.0. The Hall–Kier alpha value is 1.02. The van der Waals surface area contributed by atoms with Gasteiger partial charge < -0.3 is 11.3 Å². The second-order valence-corrected chi connectivity index (χ2v) is 4.92. The van der Waals surface area contributed by atoms with Crippen molar-refractivity contribution in [2.24, 2.45) is 0 Å². The third kappa shape index (κ3) is 3.03. The van der Waals surface area contributed by atoms with Gasteiger partial charge in [-0.3, -0.25) is 0 Å². The molecule has 3 heteroatoms. The second kappa shape index (κ2) is 6.09. The quantitative estimate of drug-likeness (QED) is 0.739. The molecule has 0 aromatic heterocycles. The van der Waals surface area contributed by atoms with E-state index in [-0.39, 0.29) is 43.8 Å². The average Bonchev–Trinajstić information content (AvgIpc) is 2.16. The van der Waals surface area contributed by atoms with Gasteiger partial charge in [0.2, 0.25) is 0 Å². The molecule has 0 N–H and O–H groups in total. The Balaban J connectivity index is 0.00000196. The zero-order valence-electron chi connectivity index (χ0n) is 10.8. The summed E-state index contributed by atoms with van der Waals surface area (Å²) in [7, 11) is 1.80. The maximum Gasteiger partial charge on any atom is 0.0575 e. The van der Waals surface area contributed by atoms with Crippen LogP contribution >= 0.6 is 0 Å². The summed E-state index contributed by atoms with van der Waals surface area (Å²) in [5.41, 5.74) is 0.357. The maximum absolute atomic E-state index is 5.62. The van der Waals surface area contributed by atoms with Crippen LogP contribution in [0.2, 0.25) is 0 Å². The van der Waals surface area contributed by atoms with Crippen molar-refractivity contribution in [1.29, 1.82) is 0 Å². The predicted molar refractivity (Wildman–Crippen MR) is 59.8 cm³/mol. The summed E-state index contributed by atoms with van der Waals surface area (Å²) in [4.78, 5) is 5.62. The van der Waals surface area contributed by atoms with Gasteiger partial charge >= 0.3 is 0 Å². The molecule has 1 rings (SSSR count). The first-order chi connectivity index (χ1) is 6.52. The average molecular weight is 287 g/mol. The van der Waals surface area contributed by atoms with E-state index in [1.807, 2.05) is 0 Å². The van der Waals surface area contributed by atoms with Crippen molar-refractivity contribution in [3.8, 4) is 0 Å². The number of hydroxylamine groups is 2. The Morgan fingerprint density at radius 2 is 1.73 bits per heavy atom. The van der Waals surface area contributed by atoms with Gasteiger partial charge in [-0.2, -0.15) is 17.9 Å². The molecule has 0 bridgehead atoms. The fourth-order valence-electron chi connectivity index (χ4n) is 2.77. The second-order valence-electron chi connectivity index (χ2n) is 4.92. The minimum Gasteiger partial charge on any atom is -0.325 e. The van der Waals surface area contributed by atoms with E-state index in [0.717, 1.165) is 25.7 Å². The van der Waals surface area contributed by atoms with Crippen LogP contribution in [0.1, 0.15) is 53.4 Å². The Morgan fingerprint density at radius 1 is 1.20 bits per heavy atom. The summed E-state index contributed by atoms with van der Waals surface area (Å²) in [5.74, 6) is 0. The molecule has 15 heavy (non-hydrogen) atoms. The molecule has 1 aliphatic rings. The van der Waals surface area contributed by atoms with Crippen molar-refractivity contribution in [3.63, 3.8) is 0 Å². The molecule has 0 atom stereocenters. The third-order valence-electron chi connectivity index (χ3n) is 3.65. The topological polar surface area (TPSA) is 12.5 Å². The van der Waals surface area contributed by atoms with Crippen molar-refractivity contribution in [1.82, 2.24) is 5.06 Å². The molecular formula is C12H24NOY-. The van der Waals surface area contributed by atoms with Gasteiger partial charge in [-0.05, 0) is 26.7 Å². The molecule has 0 aromatic rings. The summed E-state index contributed by atoms with van der Waals surface area (Å²) in [5, 5.41) is 2.22. The predicted octanol–water partition coefficient (Wildman–Crippen LogP) is 3.18. The van der Waals surface area contributed by atoms with Crippen LogP contribution in [0, 0.1) is 6.42 Å². The molecule has 1 radical (unpaired) electrons. The van der Waals surface area contributed by atoms with Crippen LogP contribution in [0.25, 0.3) is 0 Å². The van der Waals surface area contributed by atoms with Crippen LogP contribution in [0.15, 0.2) is 0 Å². The van der Waals surface area contributed by atoms with Crippen LogP contribution in [0.4, 0.5) is 0 Å². The Labute approximate surface area is 120 Å². The number of hydrogen-bond acceptors (Lipinski definition) is 2. The van der Waals surface area contributed by atoms with E-state index in [1.165, 1.54) is 0 Å². The van der Waals surface area contributed by atoms with E-state index in [2.05, 4.69) is 39.2 Å². The van der Waals surface area contributed by atoms with Gasteiger partial charge in [-0.15, -0.1) is 0 Å². The summed E-state index contributed by atoms with van der Waals surface area (Å²) < 4.78 is 0. The first-order valence-corrected chi connectivity index (χ1v) is 5.68. The number of nitrogens with zero attached hydrogens (tertiary/aromatic N) is 1. The van der Waals surface area contributed by atoms with Crippen molar-refractivity contribution >= 4 is 0 Å². The molecular weight excluding hydrogens is 263 g/mol. The van der Waals surface area contributed by atoms with Gasteiger partial charge in [-0.1, -0.05) is 13.8 Å². The van der Waals surface area contributed by atoms with E-state index in [1.54, 1.807) is 7.11 Å². The molecule has 0 aromatic carbocycles. The summed E-state index contributed by atoms with van der Waals surface area (Å²) >= 11 is 0. The van der Waals surface area contributed by atoms with Gasteiger partial charge in [0.25, 0.3) is 0 Å². The van der Waals surface area contributed by atoms with E-state index < -0.39 is 0 Å². The van der Waals surface area contributed by atoms with E-state index in [9.17, 15) is 0 Å². The third-order valence-corrected chi connectivity index (χ3v) is 3.65. The number of rotatable bonds is 3. The fourth-order valence-corrected chi connectivity index (χ4v) is 2.77. The van der Waals surface area contributed by atoms with Crippen LogP contribution in [-0.4, -0.2) is 23.3 Å². The number of piperidine rings is 1. The molecule has 0 unspecified atom stereocenters. The van der Waals surface area contributed by atoms with Crippen LogP contribution in [0.5, 0.6) is 0 Å². The molecule has 2 nitrogen and oxygen atoms in total. The maximum atomic E-state index is 5.62. The summed E-state index contributed by atoms with van der Waals surface area (Å²) in [6.45, 7) is 9.02.